The number of aromatic nitrogens is 1. The zero-order valence-corrected chi connectivity index (χ0v) is 13.4. The van der Waals surface area contributed by atoms with Crippen LogP contribution in [0.3, 0.4) is 0 Å². The van der Waals surface area contributed by atoms with Gasteiger partial charge in [-0.05, 0) is 11.3 Å². The van der Waals surface area contributed by atoms with Gasteiger partial charge in [-0.15, -0.1) is 22.9 Å². The Morgan fingerprint density at radius 3 is 2.24 bits per heavy atom. The molecule has 0 aliphatic rings. The zero-order chi connectivity index (χ0) is 13.3. The Morgan fingerprint density at radius 1 is 1.29 bits per heavy atom. The fourth-order valence-corrected chi connectivity index (χ4v) is 3.11. The van der Waals surface area contributed by atoms with Gasteiger partial charge in [0.15, 0.2) is 0 Å². The van der Waals surface area contributed by atoms with Crippen molar-refractivity contribution in [3.05, 3.63) is 16.1 Å². The third-order valence-electron chi connectivity index (χ3n) is 3.57. The summed E-state index contributed by atoms with van der Waals surface area (Å²) in [6.45, 7) is 13.3. The Hall–Kier alpha value is -0.0800. The van der Waals surface area contributed by atoms with Gasteiger partial charge >= 0.3 is 0 Å². The van der Waals surface area contributed by atoms with Gasteiger partial charge in [0.1, 0.15) is 0 Å². The first-order chi connectivity index (χ1) is 7.69. The lowest BCUT2D eigenvalue weighted by molar-refractivity contribution is 0.253. The molecule has 1 unspecified atom stereocenters. The predicted molar refractivity (Wildman–Crippen MR) is 78.2 cm³/mol. The van der Waals surface area contributed by atoms with Gasteiger partial charge in [-0.2, -0.15) is 0 Å². The highest BCUT2D eigenvalue weighted by molar-refractivity contribution is 7.09. The first-order valence-corrected chi connectivity index (χ1v) is 7.61. The van der Waals surface area contributed by atoms with Crippen LogP contribution in [0.25, 0.3) is 0 Å². The molecule has 0 amide bonds. The molecule has 1 nitrogen and oxygen atoms in total. The van der Waals surface area contributed by atoms with Crippen LogP contribution in [0.2, 0.25) is 0 Å². The molecule has 98 valence electrons. The van der Waals surface area contributed by atoms with Crippen molar-refractivity contribution in [2.24, 2.45) is 11.3 Å². The van der Waals surface area contributed by atoms with Crippen molar-refractivity contribution in [3.8, 4) is 0 Å². The summed E-state index contributed by atoms with van der Waals surface area (Å²) in [5, 5.41) is 3.40. The first-order valence-electron chi connectivity index (χ1n) is 6.20. The molecular formula is C14H24ClNS. The molecular weight excluding hydrogens is 250 g/mol. The van der Waals surface area contributed by atoms with E-state index in [1.54, 1.807) is 11.3 Å². The number of thiazole rings is 1. The van der Waals surface area contributed by atoms with Crippen molar-refractivity contribution in [2.45, 2.75) is 53.4 Å². The molecule has 0 bridgehead atoms. The Kier molecular flexibility index (Phi) is 4.65. The first kappa shape index (κ1) is 15.0. The summed E-state index contributed by atoms with van der Waals surface area (Å²) in [5.41, 5.74) is 1.48. The van der Waals surface area contributed by atoms with Crippen LogP contribution < -0.4 is 0 Å². The summed E-state index contributed by atoms with van der Waals surface area (Å²) in [6.07, 6.45) is 0.981. The molecule has 17 heavy (non-hydrogen) atoms. The molecule has 1 rings (SSSR count). The van der Waals surface area contributed by atoms with Gasteiger partial charge in [0.25, 0.3) is 0 Å². The van der Waals surface area contributed by atoms with Gasteiger partial charge in [0.05, 0.1) is 10.7 Å². The van der Waals surface area contributed by atoms with Crippen LogP contribution >= 0.6 is 22.9 Å². The van der Waals surface area contributed by atoms with Crippen molar-refractivity contribution in [3.63, 3.8) is 0 Å². The van der Waals surface area contributed by atoms with E-state index in [0.29, 0.717) is 11.8 Å². The minimum absolute atomic E-state index is 0.143. The Bertz CT molecular complexity index is 365. The minimum atomic E-state index is 0.143. The van der Waals surface area contributed by atoms with Gasteiger partial charge in [-0.1, -0.05) is 41.5 Å². The standard InChI is InChI=1S/C14H24ClNS/c1-10(2)14(6,9-15)7-12-16-11(8-17-12)13(3,4)5/h8,10H,7,9H2,1-6H3. The SMILES string of the molecule is CC(C)C(C)(CCl)Cc1nc(C(C)(C)C)cs1. The van der Waals surface area contributed by atoms with Crippen LogP contribution in [-0.4, -0.2) is 10.9 Å². The highest BCUT2D eigenvalue weighted by Crippen LogP contribution is 2.34. The smallest absolute Gasteiger partial charge is 0.0934 e. The fourth-order valence-electron chi connectivity index (χ4n) is 1.49. The predicted octanol–water partition coefficient (Wildman–Crippen LogP) is 4.88. The number of hydrogen-bond donors (Lipinski definition) is 0. The van der Waals surface area contributed by atoms with Crippen LogP contribution in [0.4, 0.5) is 0 Å². The minimum Gasteiger partial charge on any atom is -0.246 e. The molecule has 0 saturated heterocycles. The maximum absolute atomic E-state index is 6.13. The average Bonchev–Trinajstić information content (AvgIpc) is 2.65. The maximum atomic E-state index is 6.13. The third kappa shape index (κ3) is 3.69. The van der Waals surface area contributed by atoms with Crippen molar-refractivity contribution >= 4 is 22.9 Å². The molecule has 1 heterocycles. The third-order valence-corrected chi connectivity index (χ3v) is 5.03. The molecule has 0 radical (unpaired) electrons. The quantitative estimate of drug-likeness (QED) is 0.712. The summed E-state index contributed by atoms with van der Waals surface area (Å²) in [6, 6.07) is 0. The maximum Gasteiger partial charge on any atom is 0.0934 e. The van der Waals surface area contributed by atoms with E-state index in [0.717, 1.165) is 6.42 Å². The van der Waals surface area contributed by atoms with Crippen molar-refractivity contribution in [1.29, 1.82) is 0 Å². The van der Waals surface area contributed by atoms with Crippen LogP contribution in [0, 0.1) is 11.3 Å². The molecule has 1 aromatic heterocycles. The second-order valence-electron chi connectivity index (χ2n) is 6.50. The molecule has 0 N–H and O–H groups in total. The van der Waals surface area contributed by atoms with Gasteiger partial charge in [0, 0.05) is 23.1 Å². The van der Waals surface area contributed by atoms with E-state index in [9.17, 15) is 0 Å². The molecule has 3 heteroatoms. The summed E-state index contributed by atoms with van der Waals surface area (Å²) >= 11 is 7.89. The van der Waals surface area contributed by atoms with Gasteiger partial charge < -0.3 is 0 Å². The van der Waals surface area contributed by atoms with Crippen molar-refractivity contribution in [1.82, 2.24) is 4.98 Å². The molecule has 0 saturated carbocycles. The van der Waals surface area contributed by atoms with Crippen LogP contribution in [0.15, 0.2) is 5.38 Å². The van der Waals surface area contributed by atoms with Crippen LogP contribution in [0.5, 0.6) is 0 Å². The lowest BCUT2D eigenvalue weighted by Crippen LogP contribution is -2.28. The average molecular weight is 274 g/mol. The number of rotatable bonds is 4. The highest BCUT2D eigenvalue weighted by Gasteiger charge is 2.29. The summed E-state index contributed by atoms with van der Waals surface area (Å²) in [5.74, 6) is 1.26. The topological polar surface area (TPSA) is 12.9 Å². The van der Waals surface area contributed by atoms with E-state index in [1.165, 1.54) is 10.7 Å². The van der Waals surface area contributed by atoms with Gasteiger partial charge in [0.2, 0.25) is 0 Å². The molecule has 0 spiro atoms. The van der Waals surface area contributed by atoms with E-state index < -0.39 is 0 Å². The van der Waals surface area contributed by atoms with E-state index >= 15 is 0 Å². The van der Waals surface area contributed by atoms with Crippen LogP contribution in [-0.2, 0) is 11.8 Å². The van der Waals surface area contributed by atoms with E-state index in [1.807, 2.05) is 0 Å². The molecule has 1 atom stereocenters. The highest BCUT2D eigenvalue weighted by atomic mass is 35.5. The lowest BCUT2D eigenvalue weighted by atomic mass is 9.78. The normalized spacial score (nSPS) is 16.2. The molecule has 0 aromatic carbocycles. The number of nitrogens with zero attached hydrogens (tertiary/aromatic N) is 1. The van der Waals surface area contributed by atoms with E-state index in [4.69, 9.17) is 16.6 Å². The Balaban J connectivity index is 2.86. The Labute approximate surface area is 115 Å². The van der Waals surface area contributed by atoms with E-state index in [2.05, 4.69) is 46.9 Å². The lowest BCUT2D eigenvalue weighted by Gasteiger charge is -2.30. The van der Waals surface area contributed by atoms with E-state index in [-0.39, 0.29) is 10.8 Å². The largest absolute Gasteiger partial charge is 0.246 e. The summed E-state index contributed by atoms with van der Waals surface area (Å²) in [7, 11) is 0. The second-order valence-corrected chi connectivity index (χ2v) is 7.71. The molecule has 1 aromatic rings. The molecule has 0 fully saturated rings. The zero-order valence-electron chi connectivity index (χ0n) is 11.8. The number of hydrogen-bond acceptors (Lipinski definition) is 2. The Morgan fingerprint density at radius 2 is 1.88 bits per heavy atom. The monoisotopic (exact) mass is 273 g/mol. The summed E-state index contributed by atoms with van der Waals surface area (Å²) in [4.78, 5) is 4.76. The second kappa shape index (κ2) is 5.27. The molecule has 0 aliphatic heterocycles. The van der Waals surface area contributed by atoms with Gasteiger partial charge in [-0.25, -0.2) is 4.98 Å². The van der Waals surface area contributed by atoms with Crippen molar-refractivity contribution < 1.29 is 0 Å². The van der Waals surface area contributed by atoms with Crippen molar-refractivity contribution in [2.75, 3.05) is 5.88 Å². The fraction of sp³-hybridized carbons (Fsp3) is 0.786. The molecule has 0 aliphatic carbocycles. The summed E-state index contributed by atoms with van der Waals surface area (Å²) < 4.78 is 0. The van der Waals surface area contributed by atoms with Gasteiger partial charge in [-0.3, -0.25) is 0 Å². The number of alkyl halides is 1. The van der Waals surface area contributed by atoms with Crippen LogP contribution in [0.1, 0.15) is 52.2 Å². The number of halogens is 1.